The van der Waals surface area contributed by atoms with Gasteiger partial charge in [-0.15, -0.1) is 0 Å². The maximum absolute atomic E-state index is 5.86. The van der Waals surface area contributed by atoms with Crippen LogP contribution in [0.5, 0.6) is 0 Å². The Morgan fingerprint density at radius 1 is 1.47 bits per heavy atom. The van der Waals surface area contributed by atoms with Crippen LogP contribution in [0.4, 0.5) is 0 Å². The molecular formula is C15H28N4. The second-order valence-electron chi connectivity index (χ2n) is 5.82. The van der Waals surface area contributed by atoms with Crippen molar-refractivity contribution < 1.29 is 0 Å². The molecule has 0 aliphatic heterocycles. The number of hydrogen-bond donors (Lipinski definition) is 2. The molecule has 108 valence electrons. The molecule has 1 aromatic heterocycles. The van der Waals surface area contributed by atoms with Crippen LogP contribution in [-0.4, -0.2) is 9.78 Å². The zero-order valence-electron chi connectivity index (χ0n) is 12.3. The van der Waals surface area contributed by atoms with E-state index in [9.17, 15) is 0 Å². The second-order valence-corrected chi connectivity index (χ2v) is 5.82. The third-order valence-corrected chi connectivity index (χ3v) is 4.56. The van der Waals surface area contributed by atoms with Gasteiger partial charge in [-0.1, -0.05) is 33.1 Å². The number of nitrogens with two attached hydrogens (primary N) is 1. The molecule has 0 radical (unpaired) electrons. The van der Waals surface area contributed by atoms with Gasteiger partial charge in [-0.05, 0) is 37.2 Å². The summed E-state index contributed by atoms with van der Waals surface area (Å²) in [7, 11) is 0. The van der Waals surface area contributed by atoms with E-state index in [0.717, 1.165) is 18.9 Å². The molecule has 2 rings (SSSR count). The van der Waals surface area contributed by atoms with Crippen LogP contribution in [0.2, 0.25) is 0 Å². The molecule has 3 atom stereocenters. The van der Waals surface area contributed by atoms with Crippen molar-refractivity contribution in [2.75, 3.05) is 0 Å². The Hall–Kier alpha value is -0.870. The molecule has 0 amide bonds. The van der Waals surface area contributed by atoms with Crippen LogP contribution in [0.1, 0.15) is 64.1 Å². The quantitative estimate of drug-likeness (QED) is 0.613. The second kappa shape index (κ2) is 7.06. The molecule has 3 unspecified atom stereocenters. The largest absolute Gasteiger partial charge is 0.271 e. The van der Waals surface area contributed by atoms with Crippen LogP contribution in [0.15, 0.2) is 12.3 Å². The van der Waals surface area contributed by atoms with E-state index in [-0.39, 0.29) is 6.04 Å². The molecule has 0 aromatic carbocycles. The average Bonchev–Trinajstić information content (AvgIpc) is 2.89. The highest BCUT2D eigenvalue weighted by Gasteiger charge is 2.29. The van der Waals surface area contributed by atoms with E-state index in [0.29, 0.717) is 5.92 Å². The topological polar surface area (TPSA) is 55.9 Å². The summed E-state index contributed by atoms with van der Waals surface area (Å²) in [6, 6.07) is 2.37. The highest BCUT2D eigenvalue weighted by Crippen LogP contribution is 2.38. The molecule has 1 fully saturated rings. The molecule has 0 saturated heterocycles. The van der Waals surface area contributed by atoms with Gasteiger partial charge in [0, 0.05) is 12.7 Å². The van der Waals surface area contributed by atoms with Gasteiger partial charge in [0.1, 0.15) is 0 Å². The Kier molecular flexibility index (Phi) is 5.40. The number of aryl methyl sites for hydroxylation is 1. The van der Waals surface area contributed by atoms with E-state index in [1.54, 1.807) is 0 Å². The first kappa shape index (κ1) is 14.5. The molecule has 0 spiro atoms. The van der Waals surface area contributed by atoms with Crippen molar-refractivity contribution in [3.63, 3.8) is 0 Å². The molecule has 4 heteroatoms. The lowest BCUT2D eigenvalue weighted by Crippen LogP contribution is -2.37. The molecule has 1 aliphatic carbocycles. The molecule has 1 aromatic rings. The van der Waals surface area contributed by atoms with E-state index in [2.05, 4.69) is 35.1 Å². The van der Waals surface area contributed by atoms with Crippen LogP contribution >= 0.6 is 0 Å². The predicted molar refractivity (Wildman–Crippen MR) is 78.3 cm³/mol. The first-order valence-corrected chi connectivity index (χ1v) is 7.77. The van der Waals surface area contributed by atoms with Crippen LogP contribution in [0, 0.1) is 11.8 Å². The monoisotopic (exact) mass is 264 g/mol. The highest BCUT2D eigenvalue weighted by atomic mass is 15.3. The Bertz CT molecular complexity index is 374. The van der Waals surface area contributed by atoms with Crippen LogP contribution in [0.25, 0.3) is 0 Å². The van der Waals surface area contributed by atoms with Gasteiger partial charge in [-0.2, -0.15) is 5.10 Å². The van der Waals surface area contributed by atoms with Crippen molar-refractivity contribution in [3.8, 4) is 0 Å². The van der Waals surface area contributed by atoms with Crippen molar-refractivity contribution in [3.05, 3.63) is 18.0 Å². The Morgan fingerprint density at radius 3 is 3.00 bits per heavy atom. The Morgan fingerprint density at radius 2 is 2.32 bits per heavy atom. The zero-order chi connectivity index (χ0) is 13.7. The minimum atomic E-state index is 0.253. The summed E-state index contributed by atoms with van der Waals surface area (Å²) in [5, 5.41) is 4.43. The van der Waals surface area contributed by atoms with E-state index in [1.165, 1.54) is 37.8 Å². The van der Waals surface area contributed by atoms with Crippen molar-refractivity contribution in [2.24, 2.45) is 17.7 Å². The smallest absolute Gasteiger partial charge is 0.0657 e. The molecule has 0 bridgehead atoms. The van der Waals surface area contributed by atoms with Gasteiger partial charge in [0.2, 0.25) is 0 Å². The minimum absolute atomic E-state index is 0.253. The van der Waals surface area contributed by atoms with Gasteiger partial charge >= 0.3 is 0 Å². The summed E-state index contributed by atoms with van der Waals surface area (Å²) in [6.45, 7) is 5.47. The summed E-state index contributed by atoms with van der Waals surface area (Å²) in [6.07, 6.45) is 9.60. The van der Waals surface area contributed by atoms with E-state index in [4.69, 9.17) is 5.84 Å². The average molecular weight is 264 g/mol. The fourth-order valence-corrected chi connectivity index (χ4v) is 3.47. The number of rotatable bonds is 6. The maximum Gasteiger partial charge on any atom is 0.0657 e. The Balaban J connectivity index is 2.12. The van der Waals surface area contributed by atoms with Crippen molar-refractivity contribution in [1.82, 2.24) is 15.2 Å². The van der Waals surface area contributed by atoms with E-state index < -0.39 is 0 Å². The number of hydrogen-bond acceptors (Lipinski definition) is 3. The SMILES string of the molecule is CCCn1nccc1C(NN)C1CCCC(CC)C1. The predicted octanol–water partition coefficient (Wildman–Crippen LogP) is 3.01. The lowest BCUT2D eigenvalue weighted by Gasteiger charge is -2.34. The fraction of sp³-hybridized carbons (Fsp3) is 0.800. The maximum atomic E-state index is 5.86. The van der Waals surface area contributed by atoms with Crippen molar-refractivity contribution in [1.29, 1.82) is 0 Å². The molecular weight excluding hydrogens is 236 g/mol. The molecule has 1 aliphatic rings. The van der Waals surface area contributed by atoms with Crippen molar-refractivity contribution >= 4 is 0 Å². The molecule has 1 saturated carbocycles. The molecule has 3 N–H and O–H groups in total. The third kappa shape index (κ3) is 3.37. The fourth-order valence-electron chi connectivity index (χ4n) is 3.47. The van der Waals surface area contributed by atoms with Gasteiger partial charge in [0.25, 0.3) is 0 Å². The lowest BCUT2D eigenvalue weighted by atomic mass is 9.76. The van der Waals surface area contributed by atoms with Crippen LogP contribution in [0.3, 0.4) is 0 Å². The normalized spacial score (nSPS) is 25.4. The summed E-state index contributed by atoms with van der Waals surface area (Å²) >= 11 is 0. The van der Waals surface area contributed by atoms with E-state index >= 15 is 0 Å². The van der Waals surface area contributed by atoms with Crippen LogP contribution < -0.4 is 11.3 Å². The Labute approximate surface area is 116 Å². The highest BCUT2D eigenvalue weighted by molar-refractivity contribution is 5.09. The molecule has 4 nitrogen and oxygen atoms in total. The molecule has 19 heavy (non-hydrogen) atoms. The third-order valence-electron chi connectivity index (χ3n) is 4.56. The zero-order valence-corrected chi connectivity index (χ0v) is 12.3. The summed E-state index contributed by atoms with van der Waals surface area (Å²) in [5.74, 6) is 7.38. The van der Waals surface area contributed by atoms with Gasteiger partial charge < -0.3 is 0 Å². The van der Waals surface area contributed by atoms with Crippen LogP contribution in [-0.2, 0) is 6.54 Å². The van der Waals surface area contributed by atoms with Gasteiger partial charge in [-0.25, -0.2) is 0 Å². The number of nitrogens with zero attached hydrogens (tertiary/aromatic N) is 2. The standard InChI is InChI=1S/C15H28N4/c1-3-10-19-14(8-9-17-19)15(18-16)13-7-5-6-12(4-2)11-13/h8-9,12-13,15,18H,3-7,10-11,16H2,1-2H3. The minimum Gasteiger partial charge on any atom is -0.271 e. The van der Waals surface area contributed by atoms with Gasteiger partial charge in [0.15, 0.2) is 0 Å². The van der Waals surface area contributed by atoms with Crippen molar-refractivity contribution in [2.45, 2.75) is 65.0 Å². The summed E-state index contributed by atoms with van der Waals surface area (Å²) in [4.78, 5) is 0. The molecule has 1 heterocycles. The number of aromatic nitrogens is 2. The summed E-state index contributed by atoms with van der Waals surface area (Å²) in [5.41, 5.74) is 4.31. The lowest BCUT2D eigenvalue weighted by molar-refractivity contribution is 0.204. The number of hydrazine groups is 1. The number of nitrogens with one attached hydrogen (secondary N) is 1. The first-order valence-electron chi connectivity index (χ1n) is 7.77. The van der Waals surface area contributed by atoms with Gasteiger partial charge in [-0.3, -0.25) is 16.0 Å². The van der Waals surface area contributed by atoms with E-state index in [1.807, 2.05) is 6.20 Å². The van der Waals surface area contributed by atoms with Gasteiger partial charge in [0.05, 0.1) is 11.7 Å². The summed E-state index contributed by atoms with van der Waals surface area (Å²) < 4.78 is 2.11. The first-order chi connectivity index (χ1) is 9.30.